The lowest BCUT2D eigenvalue weighted by Crippen LogP contribution is -2.33. The number of thiol groups is 1. The largest absolute Gasteiger partial charge is 0.386 e. The Bertz CT molecular complexity index is 6260. The van der Waals surface area contributed by atoms with E-state index < -0.39 is 235 Å². The SMILES string of the molecule is CC[C@H]1O[C@@H](n2cc(C)c(N)nc2=O)C[C@H]1OP(O)(=S)OC[C@H]1O[C@@H](n2cc(C)c(=O)[nH]c2=O)C[C@H]1OP(=O)(S)OC[C@H]1O[C@@H](n2cc(C)c(=O)[nH]c2=O)C[C@H]1OP(O)(=S)OC[C@H]1O[C@@H](n2cnc3c(=O)[nH]c(N)nc32)C[C@H]1OP(O)(=S)OC[C@H]1O[C@@H](n2cnc3c(N)ncnc32)C[C@H]1OP(O)(=S)OC[C@H]1O[C@@H](n2cc(C)c(=O)[nH]c2=O)C[C@H]1OP(O)(=S)OC. The van der Waals surface area contributed by atoms with Gasteiger partial charge in [0, 0.05) is 92.7 Å². The third-order valence-electron chi connectivity index (χ3n) is 20.6. The molecule has 0 amide bonds. The highest BCUT2D eigenvalue weighted by molar-refractivity contribution is 8.44. The molecule has 15 N–H and O–H groups in total. The van der Waals surface area contributed by atoms with Gasteiger partial charge in [-0.1, -0.05) is 19.2 Å². The molecule has 6 aliphatic heterocycles. The zero-order chi connectivity index (χ0) is 90.1. The van der Waals surface area contributed by atoms with E-state index in [0.29, 0.717) is 12.0 Å². The average molecular weight is 1980 g/mol. The first-order valence-corrected chi connectivity index (χ1v) is 53.2. The summed E-state index contributed by atoms with van der Waals surface area (Å²) in [6.45, 7) is -22.9. The lowest BCUT2D eigenvalue weighted by molar-refractivity contribution is -0.0558. The highest BCUT2D eigenvalue weighted by Gasteiger charge is 2.51. The predicted octanol–water partition coefficient (Wildman–Crippen LogP) is 1.14. The summed E-state index contributed by atoms with van der Waals surface area (Å²) in [5, 5.41) is 0. The van der Waals surface area contributed by atoms with Crippen molar-refractivity contribution in [1.82, 2.24) is 77.2 Å². The molecule has 0 bridgehead atoms. The number of nitrogens with zero attached hydrogens (tertiary/aromatic N) is 12. The Morgan fingerprint density at radius 1 is 0.424 bits per heavy atom. The van der Waals surface area contributed by atoms with Gasteiger partial charge in [-0.05, 0) is 93.2 Å². The van der Waals surface area contributed by atoms with Gasteiger partial charge in [0.15, 0.2) is 22.6 Å². The highest BCUT2D eigenvalue weighted by atomic mass is 32.7. The zero-order valence-electron chi connectivity index (χ0n) is 65.9. The van der Waals surface area contributed by atoms with Gasteiger partial charge in [0.1, 0.15) is 91.7 Å². The van der Waals surface area contributed by atoms with Crippen LogP contribution in [0.15, 0.2) is 82.1 Å². The van der Waals surface area contributed by atoms with Crippen molar-refractivity contribution in [2.24, 2.45) is 0 Å². The zero-order valence-corrected chi connectivity index (χ0v) is 76.3. The van der Waals surface area contributed by atoms with Crippen LogP contribution < -0.4 is 62.2 Å². The minimum Gasteiger partial charge on any atom is -0.383 e. The quantitative estimate of drug-likeness (QED) is 0.0196. The van der Waals surface area contributed by atoms with Gasteiger partial charge in [0.05, 0.1) is 82.3 Å². The number of ether oxygens (including phenoxy) is 6. The van der Waals surface area contributed by atoms with E-state index in [1.807, 2.05) is 0 Å². The molecule has 6 unspecified atom stereocenters. The van der Waals surface area contributed by atoms with Gasteiger partial charge in [-0.2, -0.15) is 9.97 Å². The first-order chi connectivity index (χ1) is 58.8. The van der Waals surface area contributed by atoms with Crippen molar-refractivity contribution in [3.8, 4) is 0 Å². The van der Waals surface area contributed by atoms with Crippen molar-refractivity contribution in [3.05, 3.63) is 149 Å². The maximum absolute atomic E-state index is 14.7. The Morgan fingerprint density at radius 2 is 0.760 bits per heavy atom. The summed E-state index contributed by atoms with van der Waals surface area (Å²) >= 11 is 31.8. The Hall–Kier alpha value is -5.87. The molecule has 0 spiro atoms. The molecular weight excluding hydrogens is 1900 g/mol. The Morgan fingerprint density at radius 3 is 1.16 bits per heavy atom. The van der Waals surface area contributed by atoms with Crippen molar-refractivity contribution in [2.45, 2.75) is 190 Å². The number of rotatable bonds is 35. The Balaban J connectivity index is 0.677. The lowest BCUT2D eigenvalue weighted by Gasteiger charge is -2.28. The second-order valence-corrected chi connectivity index (χ2v) is 46.2. The molecule has 6 saturated heterocycles. The molecule has 684 valence electrons. The van der Waals surface area contributed by atoms with Crippen LogP contribution in [0.4, 0.5) is 17.6 Å². The number of H-pyrrole nitrogens is 4. The molecule has 51 nitrogen and oxygen atoms in total. The second kappa shape index (κ2) is 38.1. The summed E-state index contributed by atoms with van der Waals surface area (Å²) in [5.41, 5.74) is 12.6. The molecule has 6 aliphatic rings. The van der Waals surface area contributed by atoms with Gasteiger partial charge in [-0.15, -0.1) is 0 Å². The first kappa shape index (κ1) is 95.2. The van der Waals surface area contributed by atoms with E-state index >= 15 is 0 Å². The van der Waals surface area contributed by atoms with Crippen LogP contribution in [0.2, 0.25) is 0 Å². The van der Waals surface area contributed by atoms with Crippen LogP contribution >= 0.6 is 52.6 Å². The predicted molar refractivity (Wildman–Crippen MR) is 455 cm³/mol. The minimum absolute atomic E-state index is 0.00116. The van der Waals surface area contributed by atoms with Crippen LogP contribution in [0.25, 0.3) is 22.3 Å². The average Bonchev–Trinajstić information content (AvgIpc) is 1.76. The molecule has 8 aromatic rings. The molecule has 0 radical (unpaired) electrons. The highest BCUT2D eigenvalue weighted by Crippen LogP contribution is 2.60. The van der Waals surface area contributed by atoms with E-state index in [0.717, 1.165) is 20.8 Å². The van der Waals surface area contributed by atoms with E-state index in [4.69, 9.17) is 159 Å². The van der Waals surface area contributed by atoms with Crippen LogP contribution in [-0.4, -0.2) is 215 Å². The van der Waals surface area contributed by atoms with Gasteiger partial charge in [0.25, 0.3) is 22.2 Å². The molecule has 63 heteroatoms. The van der Waals surface area contributed by atoms with Crippen molar-refractivity contribution < 1.29 is 112 Å². The summed E-state index contributed by atoms with van der Waals surface area (Å²) < 4.78 is 131. The number of fused-ring (bicyclic) bond motifs is 2. The van der Waals surface area contributed by atoms with Gasteiger partial charge in [-0.25, -0.2) is 43.7 Å². The fourth-order valence-corrected chi connectivity index (χ4v) is 22.9. The second-order valence-electron chi connectivity index (χ2n) is 29.2. The van der Waals surface area contributed by atoms with Crippen molar-refractivity contribution in [2.75, 3.05) is 57.3 Å². The molecule has 14 heterocycles. The number of anilines is 3. The third kappa shape index (κ3) is 22.3. The third-order valence-corrected chi connectivity index (χ3v) is 30.3. The van der Waals surface area contributed by atoms with Crippen molar-refractivity contribution in [3.63, 3.8) is 0 Å². The molecule has 125 heavy (non-hydrogen) atoms. The fraction of sp³-hybridized carbons (Fsp3) is 0.581. The van der Waals surface area contributed by atoms with Gasteiger partial charge >= 0.3 is 63.1 Å². The molecule has 24 atom stereocenters. The molecule has 6 fully saturated rings. The van der Waals surface area contributed by atoms with Crippen molar-refractivity contribution >= 4 is 152 Å². The molecule has 0 saturated carbocycles. The number of imidazole rings is 2. The van der Waals surface area contributed by atoms with Gasteiger partial charge in [-0.3, -0.25) is 75.6 Å². The standard InChI is InChI=1S/C62H83N19O32P6S6/c1-7-30-31(8-42(102-30)76-14-26(2)50(63)70-59(76)86)109-115(91,121)97-19-38-33(10-44(104-38)78-16-28(4)55(83)74-61(78)88)110-116(92,122)99-20-39-34(11-45(105-39)79-17-29(5)56(84)75-62(79)89)111-117(93,123)101-22-41-36(13-47(107-41)81-25-69-49-53(81)71-58(65)72-57(49)85)113-119(95,125)100-21-40-35(12-46(106-40)80-24-68-48-51(64)66-23-67-52(48)80)112-118(94,124)98-18-37-32(108-114(90,120)96-6)9-43(103-37)77-15-27(3)54(82)73-60(77)87/h14-17,23-25,30-47H,7-13,18-22H2,1-6H3,(H,90,120)(H,91,121)(H,92,122)(H,93,123)(H,94,124)(H,95,125)(H2,63,70,86)(H2,64,66,67)(H,73,82,87)(H,74,83,88)(H,75,84,89)(H3,65,71,72,85)/t30-,31-,32-,33-,34-,35-,36-,37-,38-,39-,40-,41-,42-,43-,44-,45-,46-,47-,114?,115?,116?,117?,118?,119?/m1/s1. The summed E-state index contributed by atoms with van der Waals surface area (Å²) in [6, 6.07) is 0. The molecule has 0 aromatic carbocycles. The van der Waals surface area contributed by atoms with Crippen LogP contribution in [0.3, 0.4) is 0 Å². The maximum Gasteiger partial charge on any atom is 0.386 e. The number of nitrogens with two attached hydrogens (primary N) is 3. The van der Waals surface area contributed by atoms with Crippen LogP contribution in [-0.2, 0) is 146 Å². The summed E-state index contributed by atoms with van der Waals surface area (Å²) in [6.07, 6.45) is -14.8. The normalized spacial score (nSPS) is 29.4. The van der Waals surface area contributed by atoms with E-state index in [1.165, 1.54) is 78.2 Å². The molecule has 14 rings (SSSR count). The van der Waals surface area contributed by atoms with Crippen LogP contribution in [0.5, 0.6) is 0 Å². The Labute approximate surface area is 733 Å². The summed E-state index contributed by atoms with van der Waals surface area (Å²) in [4.78, 5) is 196. The van der Waals surface area contributed by atoms with E-state index in [2.05, 4.69) is 62.1 Å². The molecule has 8 aromatic heterocycles. The van der Waals surface area contributed by atoms with E-state index in [-0.39, 0.29) is 88.7 Å². The first-order valence-electron chi connectivity index (χ1n) is 37.6. The summed E-state index contributed by atoms with van der Waals surface area (Å²) in [7, 11) is 1.11. The van der Waals surface area contributed by atoms with Crippen LogP contribution in [0, 0.1) is 27.7 Å². The fourth-order valence-electron chi connectivity index (χ4n) is 14.5. The number of aryl methyl sites for hydroxylation is 4. The summed E-state index contributed by atoms with van der Waals surface area (Å²) in [5.74, 6) is -0.277. The van der Waals surface area contributed by atoms with E-state index in [9.17, 15) is 67.4 Å². The number of aromatic amines is 4. The smallest absolute Gasteiger partial charge is 0.383 e. The number of hydrogen-bond donors (Lipinski definition) is 13. The van der Waals surface area contributed by atoms with Gasteiger partial charge in [0.2, 0.25) is 5.95 Å². The Kier molecular flexibility index (Phi) is 29.1. The van der Waals surface area contributed by atoms with Crippen molar-refractivity contribution in [1.29, 1.82) is 0 Å². The molecular formula is C62H83N19O32P6S6. The monoisotopic (exact) mass is 1980 g/mol. The minimum atomic E-state index is -4.79. The number of aromatic nitrogens is 16. The number of hydrogen-bond acceptors (Lipinski definition) is 41. The van der Waals surface area contributed by atoms with E-state index in [1.54, 1.807) is 13.8 Å². The molecule has 0 aliphatic carbocycles. The number of nitrogen functional groups attached to an aromatic ring is 3. The van der Waals surface area contributed by atoms with Crippen LogP contribution in [0.1, 0.15) is 111 Å². The number of nitrogens with one attached hydrogen (secondary N) is 4. The maximum atomic E-state index is 14.7. The van der Waals surface area contributed by atoms with Gasteiger partial charge < -0.3 is 115 Å². The topological polar surface area (TPSA) is 669 Å². The lowest BCUT2D eigenvalue weighted by atomic mass is 10.1.